The molecule has 1 radical (unpaired) electrons. The van der Waals surface area contributed by atoms with Crippen molar-refractivity contribution in [1.82, 2.24) is 0 Å². The third-order valence-electron chi connectivity index (χ3n) is 1.63. The second kappa shape index (κ2) is 5.69. The SMILES string of the molecule is CCCC[C](O)C(C)CO. The van der Waals surface area contributed by atoms with Gasteiger partial charge in [0.25, 0.3) is 0 Å². The summed E-state index contributed by atoms with van der Waals surface area (Å²) in [5.41, 5.74) is 0. The number of hydrogen-bond donors (Lipinski definition) is 2. The zero-order chi connectivity index (χ0) is 7.98. The van der Waals surface area contributed by atoms with Crippen LogP contribution in [0.15, 0.2) is 0 Å². The first-order valence-electron chi connectivity index (χ1n) is 3.87. The van der Waals surface area contributed by atoms with Crippen LogP contribution in [0.2, 0.25) is 0 Å². The summed E-state index contributed by atoms with van der Waals surface area (Å²) in [6.45, 7) is 3.96. The van der Waals surface area contributed by atoms with Crippen molar-refractivity contribution in [2.75, 3.05) is 6.61 Å². The average Bonchev–Trinajstić information content (AvgIpc) is 1.98. The van der Waals surface area contributed by atoms with Crippen LogP contribution in [0, 0.1) is 12.0 Å². The van der Waals surface area contributed by atoms with Gasteiger partial charge in [0.2, 0.25) is 0 Å². The standard InChI is InChI=1S/C8H17O2/c1-3-4-5-8(10)7(2)6-9/h7,9-10H,3-6H2,1-2H3. The van der Waals surface area contributed by atoms with Crippen molar-refractivity contribution < 1.29 is 10.2 Å². The molecule has 0 aliphatic rings. The van der Waals surface area contributed by atoms with Gasteiger partial charge in [0.05, 0.1) is 6.10 Å². The van der Waals surface area contributed by atoms with E-state index in [9.17, 15) is 5.11 Å². The van der Waals surface area contributed by atoms with Gasteiger partial charge in [0.1, 0.15) is 0 Å². The van der Waals surface area contributed by atoms with E-state index in [0.29, 0.717) is 6.10 Å². The first-order valence-corrected chi connectivity index (χ1v) is 3.87. The number of hydrogen-bond acceptors (Lipinski definition) is 2. The van der Waals surface area contributed by atoms with E-state index in [2.05, 4.69) is 6.92 Å². The third-order valence-corrected chi connectivity index (χ3v) is 1.63. The Bertz CT molecular complexity index is 73.7. The van der Waals surface area contributed by atoms with Gasteiger partial charge in [0, 0.05) is 12.5 Å². The topological polar surface area (TPSA) is 40.5 Å². The van der Waals surface area contributed by atoms with Crippen LogP contribution in [0.25, 0.3) is 0 Å². The van der Waals surface area contributed by atoms with E-state index < -0.39 is 0 Å². The normalized spacial score (nSPS) is 14.1. The number of rotatable bonds is 5. The lowest BCUT2D eigenvalue weighted by atomic mass is 10.0. The Morgan fingerprint density at radius 2 is 2.10 bits per heavy atom. The highest BCUT2D eigenvalue weighted by atomic mass is 16.3. The summed E-state index contributed by atoms with van der Waals surface area (Å²) in [6.07, 6.45) is 3.26. The van der Waals surface area contributed by atoms with Gasteiger partial charge in [-0.05, 0) is 6.42 Å². The average molecular weight is 145 g/mol. The van der Waals surface area contributed by atoms with E-state index in [1.807, 2.05) is 6.92 Å². The van der Waals surface area contributed by atoms with Crippen LogP contribution in [0.5, 0.6) is 0 Å². The van der Waals surface area contributed by atoms with E-state index in [1.165, 1.54) is 0 Å². The molecule has 0 spiro atoms. The highest BCUT2D eigenvalue weighted by Gasteiger charge is 2.12. The predicted octanol–water partition coefficient (Wildman–Crippen LogP) is 1.71. The summed E-state index contributed by atoms with van der Waals surface area (Å²) in [5, 5.41) is 17.8. The zero-order valence-electron chi connectivity index (χ0n) is 6.80. The second-order valence-corrected chi connectivity index (χ2v) is 2.68. The van der Waals surface area contributed by atoms with E-state index >= 15 is 0 Å². The van der Waals surface area contributed by atoms with Crippen LogP contribution in [0.4, 0.5) is 0 Å². The van der Waals surface area contributed by atoms with E-state index in [-0.39, 0.29) is 12.5 Å². The molecule has 1 atom stereocenters. The van der Waals surface area contributed by atoms with Crippen molar-refractivity contribution in [3.05, 3.63) is 6.10 Å². The Morgan fingerprint density at radius 3 is 2.50 bits per heavy atom. The quantitative estimate of drug-likeness (QED) is 0.618. The van der Waals surface area contributed by atoms with Crippen LogP contribution < -0.4 is 0 Å². The lowest BCUT2D eigenvalue weighted by Crippen LogP contribution is -2.12. The number of aliphatic hydroxyl groups is 2. The van der Waals surface area contributed by atoms with Crippen LogP contribution in [-0.4, -0.2) is 16.8 Å². The molecule has 0 aliphatic heterocycles. The molecule has 0 rings (SSSR count). The molecule has 0 fully saturated rings. The molecule has 0 aromatic rings. The van der Waals surface area contributed by atoms with Crippen LogP contribution in [0.3, 0.4) is 0 Å². The van der Waals surface area contributed by atoms with Crippen molar-refractivity contribution in [3.8, 4) is 0 Å². The summed E-state index contributed by atoms with van der Waals surface area (Å²) >= 11 is 0. The van der Waals surface area contributed by atoms with Gasteiger partial charge in [-0.1, -0.05) is 26.7 Å². The van der Waals surface area contributed by atoms with Crippen molar-refractivity contribution in [1.29, 1.82) is 0 Å². The van der Waals surface area contributed by atoms with Gasteiger partial charge in [-0.15, -0.1) is 0 Å². The minimum Gasteiger partial charge on any atom is -0.396 e. The zero-order valence-corrected chi connectivity index (χ0v) is 6.80. The fraction of sp³-hybridized carbons (Fsp3) is 0.875. The fourth-order valence-corrected chi connectivity index (χ4v) is 0.710. The molecular formula is C8H17O2. The van der Waals surface area contributed by atoms with Crippen molar-refractivity contribution >= 4 is 0 Å². The van der Waals surface area contributed by atoms with E-state index in [4.69, 9.17) is 5.11 Å². The van der Waals surface area contributed by atoms with Gasteiger partial charge < -0.3 is 10.2 Å². The van der Waals surface area contributed by atoms with Crippen molar-refractivity contribution in [3.63, 3.8) is 0 Å². The Kier molecular flexibility index (Phi) is 5.64. The maximum atomic E-state index is 9.21. The maximum Gasteiger partial charge on any atom is 0.0983 e. The summed E-state index contributed by atoms with van der Waals surface area (Å²) in [7, 11) is 0. The maximum absolute atomic E-state index is 9.21. The molecule has 0 heterocycles. The van der Waals surface area contributed by atoms with Gasteiger partial charge >= 0.3 is 0 Å². The molecular weight excluding hydrogens is 128 g/mol. The molecule has 10 heavy (non-hydrogen) atoms. The number of unbranched alkanes of at least 4 members (excludes halogenated alkanes) is 1. The van der Waals surface area contributed by atoms with E-state index in [1.54, 1.807) is 0 Å². The lowest BCUT2D eigenvalue weighted by Gasteiger charge is -2.13. The molecule has 1 unspecified atom stereocenters. The molecule has 61 valence electrons. The van der Waals surface area contributed by atoms with Crippen LogP contribution >= 0.6 is 0 Å². The van der Waals surface area contributed by atoms with Crippen LogP contribution in [-0.2, 0) is 0 Å². The van der Waals surface area contributed by atoms with Crippen LogP contribution in [0.1, 0.15) is 33.1 Å². The largest absolute Gasteiger partial charge is 0.396 e. The monoisotopic (exact) mass is 145 g/mol. The smallest absolute Gasteiger partial charge is 0.0983 e. The minimum absolute atomic E-state index is 0.0495. The summed E-state index contributed by atoms with van der Waals surface area (Å²) < 4.78 is 0. The summed E-state index contributed by atoms with van der Waals surface area (Å²) in [4.78, 5) is 0. The lowest BCUT2D eigenvalue weighted by molar-refractivity contribution is 0.153. The highest BCUT2D eigenvalue weighted by Crippen LogP contribution is 2.16. The van der Waals surface area contributed by atoms with Gasteiger partial charge in [0.15, 0.2) is 0 Å². The second-order valence-electron chi connectivity index (χ2n) is 2.68. The molecule has 0 aliphatic carbocycles. The van der Waals surface area contributed by atoms with Crippen molar-refractivity contribution in [2.45, 2.75) is 33.1 Å². The fourth-order valence-electron chi connectivity index (χ4n) is 0.710. The Morgan fingerprint density at radius 1 is 1.50 bits per heavy atom. The predicted molar refractivity (Wildman–Crippen MR) is 41.0 cm³/mol. The van der Waals surface area contributed by atoms with E-state index in [0.717, 1.165) is 19.3 Å². The Labute approximate surface area is 62.9 Å². The Hall–Kier alpha value is -0.0800. The number of aliphatic hydroxyl groups excluding tert-OH is 2. The Balaban J connectivity index is 3.31. The third kappa shape index (κ3) is 3.85. The van der Waals surface area contributed by atoms with Gasteiger partial charge in [-0.25, -0.2) is 0 Å². The molecule has 2 heteroatoms. The first kappa shape index (κ1) is 9.92. The molecule has 0 aromatic heterocycles. The molecule has 0 saturated carbocycles. The minimum atomic E-state index is -0.0495. The molecule has 0 bridgehead atoms. The first-order chi connectivity index (χ1) is 4.72. The molecule has 0 aromatic carbocycles. The summed E-state index contributed by atoms with van der Waals surface area (Å²) in [6, 6.07) is 0. The molecule has 0 saturated heterocycles. The van der Waals surface area contributed by atoms with Gasteiger partial charge in [-0.2, -0.15) is 0 Å². The van der Waals surface area contributed by atoms with Crippen molar-refractivity contribution in [2.24, 2.45) is 5.92 Å². The highest BCUT2D eigenvalue weighted by molar-refractivity contribution is 4.80. The molecule has 0 amide bonds. The summed E-state index contributed by atoms with van der Waals surface area (Å²) in [5.74, 6) is -0.0495. The van der Waals surface area contributed by atoms with Gasteiger partial charge in [-0.3, -0.25) is 0 Å². The molecule has 2 nitrogen and oxygen atoms in total. The molecule has 2 N–H and O–H groups in total.